The molecule has 0 radical (unpaired) electrons. The first-order valence-corrected chi connectivity index (χ1v) is 12.4. The van der Waals surface area contributed by atoms with E-state index in [9.17, 15) is 0 Å². The van der Waals surface area contributed by atoms with Crippen LogP contribution in [-0.2, 0) is 19.5 Å². The summed E-state index contributed by atoms with van der Waals surface area (Å²) in [6.45, 7) is 0. The van der Waals surface area contributed by atoms with E-state index < -0.39 is 0 Å². The maximum Gasteiger partial charge on any atom is 0 e. The minimum absolute atomic E-state index is 0. The van der Waals surface area contributed by atoms with Crippen molar-refractivity contribution < 1.29 is 19.5 Å². The van der Waals surface area contributed by atoms with E-state index in [0.717, 1.165) is 0 Å². The van der Waals surface area contributed by atoms with Crippen molar-refractivity contribution in [2.75, 3.05) is 0 Å². The fourth-order valence-electron chi connectivity index (χ4n) is 5.50. The molecule has 37 heavy (non-hydrogen) atoms. The number of fused-ring (bicyclic) bond motifs is 3. The Bertz CT molecular complexity index is 1810. The summed E-state index contributed by atoms with van der Waals surface area (Å²) in [6.07, 6.45) is 0. The van der Waals surface area contributed by atoms with Crippen molar-refractivity contribution in [3.05, 3.63) is 146 Å². The number of hydrogen-bond donors (Lipinski definition) is 0. The second-order valence-electron chi connectivity index (χ2n) is 9.27. The van der Waals surface area contributed by atoms with Gasteiger partial charge in [0.2, 0.25) is 0 Å². The van der Waals surface area contributed by atoms with E-state index in [-0.39, 0.29) is 19.5 Å². The molecule has 0 unspecified atom stereocenters. The molecule has 0 bridgehead atoms. The van der Waals surface area contributed by atoms with Gasteiger partial charge in [-0.15, -0.1) is 5.56 Å². The van der Waals surface area contributed by atoms with Gasteiger partial charge in [0.05, 0.1) is 0 Å². The standard InChI is InChI=1S/C36H23.Zn/c1-2-10-25(11-3-1)27-18-21-28(22-19-27)35-31-14-6-8-16-33(31)36(34-17-9-7-15-32(34)35)30-23-20-26-12-4-5-13-29(26)24-30;/h2-24H;/q-1;. The van der Waals surface area contributed by atoms with Crippen molar-refractivity contribution in [3.63, 3.8) is 0 Å². The van der Waals surface area contributed by atoms with Crippen LogP contribution in [0, 0.1) is 6.07 Å². The van der Waals surface area contributed by atoms with E-state index in [4.69, 9.17) is 0 Å². The Kier molecular flexibility index (Phi) is 6.17. The van der Waals surface area contributed by atoms with Crippen molar-refractivity contribution in [2.24, 2.45) is 0 Å². The minimum atomic E-state index is 0. The Hall–Kier alpha value is -4.06. The zero-order valence-corrected chi connectivity index (χ0v) is 23.5. The van der Waals surface area contributed by atoms with Crippen LogP contribution in [0.15, 0.2) is 140 Å². The summed E-state index contributed by atoms with van der Waals surface area (Å²) in [4.78, 5) is 0. The summed E-state index contributed by atoms with van der Waals surface area (Å²) in [5, 5.41) is 7.65. The molecule has 0 heterocycles. The zero-order chi connectivity index (χ0) is 23.9. The van der Waals surface area contributed by atoms with Crippen LogP contribution in [0.3, 0.4) is 0 Å². The first-order valence-electron chi connectivity index (χ1n) is 12.4. The molecule has 0 atom stereocenters. The average molecular weight is 521 g/mol. The summed E-state index contributed by atoms with van der Waals surface area (Å²) < 4.78 is 0. The average Bonchev–Trinajstić information content (AvgIpc) is 2.96. The van der Waals surface area contributed by atoms with Crippen molar-refractivity contribution in [2.45, 2.75) is 0 Å². The van der Waals surface area contributed by atoms with Crippen molar-refractivity contribution in [3.8, 4) is 33.4 Å². The maximum atomic E-state index is 3.11. The van der Waals surface area contributed by atoms with Crippen LogP contribution in [-0.4, -0.2) is 0 Å². The molecular weight excluding hydrogens is 498 g/mol. The van der Waals surface area contributed by atoms with Gasteiger partial charge in [-0.1, -0.05) is 109 Å². The molecule has 1 heteroatoms. The van der Waals surface area contributed by atoms with Gasteiger partial charge in [-0.05, 0) is 66.2 Å². The van der Waals surface area contributed by atoms with E-state index in [1.807, 2.05) is 12.1 Å². The van der Waals surface area contributed by atoms with Crippen molar-refractivity contribution in [1.82, 2.24) is 0 Å². The fourth-order valence-corrected chi connectivity index (χ4v) is 5.50. The predicted molar refractivity (Wildman–Crippen MR) is 154 cm³/mol. The fraction of sp³-hybridized carbons (Fsp3) is 0. The normalized spacial score (nSPS) is 11.0. The zero-order valence-electron chi connectivity index (χ0n) is 20.5. The Balaban J connectivity index is 0.00000252. The van der Waals surface area contributed by atoms with Crippen LogP contribution in [0.1, 0.15) is 0 Å². The summed E-state index contributed by atoms with van der Waals surface area (Å²) in [6, 6.07) is 53.3. The summed E-state index contributed by atoms with van der Waals surface area (Å²) >= 11 is 0. The van der Waals surface area contributed by atoms with Crippen LogP contribution in [0.2, 0.25) is 0 Å². The third-order valence-corrected chi connectivity index (χ3v) is 7.19. The topological polar surface area (TPSA) is 0 Å². The van der Waals surface area contributed by atoms with Gasteiger partial charge < -0.3 is 0 Å². The van der Waals surface area contributed by atoms with Gasteiger partial charge in [0.25, 0.3) is 0 Å². The van der Waals surface area contributed by atoms with Crippen LogP contribution in [0.4, 0.5) is 0 Å². The quantitative estimate of drug-likeness (QED) is 0.123. The molecule has 0 amide bonds. The first kappa shape index (κ1) is 23.3. The SMILES string of the molecule is [Zn].[c-]1ccc(-c2ccc(-c3c4ccccc4c(-c4ccc5ccccc5c4)c4ccccc34)cc2)cc1. The molecule has 7 rings (SSSR count). The molecule has 0 fully saturated rings. The molecule has 0 aliphatic heterocycles. The second-order valence-corrected chi connectivity index (χ2v) is 9.27. The molecular formula is C36H23Zn-. The van der Waals surface area contributed by atoms with E-state index in [1.165, 1.54) is 65.7 Å². The van der Waals surface area contributed by atoms with Crippen molar-refractivity contribution >= 4 is 32.3 Å². The largest absolute Gasteiger partial charge is 0.184 e. The van der Waals surface area contributed by atoms with Gasteiger partial charge in [0, 0.05) is 19.5 Å². The van der Waals surface area contributed by atoms with Gasteiger partial charge in [-0.3, -0.25) is 0 Å². The first-order chi connectivity index (χ1) is 17.9. The maximum absolute atomic E-state index is 3.11. The van der Waals surface area contributed by atoms with Crippen LogP contribution in [0.5, 0.6) is 0 Å². The molecule has 0 aliphatic carbocycles. The molecule has 0 N–H and O–H groups in total. The van der Waals surface area contributed by atoms with Crippen LogP contribution < -0.4 is 0 Å². The summed E-state index contributed by atoms with van der Waals surface area (Å²) in [5.41, 5.74) is 7.50. The monoisotopic (exact) mass is 519 g/mol. The third kappa shape index (κ3) is 4.06. The predicted octanol–water partition coefficient (Wildman–Crippen LogP) is 9.94. The van der Waals surface area contributed by atoms with Gasteiger partial charge in [0.15, 0.2) is 0 Å². The van der Waals surface area contributed by atoms with Gasteiger partial charge in [-0.25, -0.2) is 0 Å². The number of hydrogen-bond acceptors (Lipinski definition) is 0. The molecule has 0 aliphatic rings. The molecule has 7 aromatic carbocycles. The van der Waals surface area contributed by atoms with E-state index in [0.29, 0.717) is 0 Å². The van der Waals surface area contributed by atoms with E-state index in [2.05, 4.69) is 133 Å². The van der Waals surface area contributed by atoms with E-state index in [1.54, 1.807) is 0 Å². The Morgan fingerprint density at radius 3 is 1.38 bits per heavy atom. The van der Waals surface area contributed by atoms with Gasteiger partial charge in [0.1, 0.15) is 0 Å². The molecule has 0 nitrogen and oxygen atoms in total. The van der Waals surface area contributed by atoms with Crippen LogP contribution in [0.25, 0.3) is 65.7 Å². The molecule has 7 aromatic rings. The number of benzene rings is 7. The molecule has 0 saturated carbocycles. The summed E-state index contributed by atoms with van der Waals surface area (Å²) in [7, 11) is 0. The third-order valence-electron chi connectivity index (χ3n) is 7.19. The molecule has 0 saturated heterocycles. The molecule has 0 aromatic heterocycles. The summed E-state index contributed by atoms with van der Waals surface area (Å²) in [5.74, 6) is 0. The Morgan fingerprint density at radius 1 is 0.351 bits per heavy atom. The number of rotatable bonds is 3. The second kappa shape index (κ2) is 9.77. The van der Waals surface area contributed by atoms with E-state index >= 15 is 0 Å². The van der Waals surface area contributed by atoms with Gasteiger partial charge >= 0.3 is 0 Å². The molecule has 170 valence electrons. The minimum Gasteiger partial charge on any atom is -0.184 e. The van der Waals surface area contributed by atoms with Gasteiger partial charge in [-0.2, -0.15) is 30.3 Å². The smallest absolute Gasteiger partial charge is 0 e. The Labute approximate surface area is 230 Å². The van der Waals surface area contributed by atoms with Crippen molar-refractivity contribution in [1.29, 1.82) is 0 Å². The Morgan fingerprint density at radius 2 is 0.784 bits per heavy atom. The molecule has 0 spiro atoms. The van der Waals surface area contributed by atoms with Crippen LogP contribution >= 0.6 is 0 Å².